The number of amides is 1. The van der Waals surface area contributed by atoms with Gasteiger partial charge in [-0.3, -0.25) is 4.79 Å². The molecule has 0 spiro atoms. The number of piperazine rings is 1. The lowest BCUT2D eigenvalue weighted by Gasteiger charge is -2.35. The maximum atomic E-state index is 13.0. The molecule has 29 heavy (non-hydrogen) atoms. The number of rotatable bonds is 7. The normalized spacial score (nSPS) is 19.1. The van der Waals surface area contributed by atoms with Crippen LogP contribution < -0.4 is 10.2 Å². The molecule has 162 valence electrons. The first-order valence-electron chi connectivity index (χ1n) is 10.7. The second kappa shape index (κ2) is 9.45. The van der Waals surface area contributed by atoms with Crippen molar-refractivity contribution in [1.29, 1.82) is 0 Å². The monoisotopic (exact) mass is 422 g/mol. The van der Waals surface area contributed by atoms with Crippen molar-refractivity contribution in [3.05, 3.63) is 18.2 Å². The molecule has 1 amide bonds. The highest BCUT2D eigenvalue weighted by Gasteiger charge is 2.27. The Morgan fingerprint density at radius 2 is 1.72 bits per heavy atom. The van der Waals surface area contributed by atoms with Gasteiger partial charge in [0.15, 0.2) is 0 Å². The Morgan fingerprint density at radius 1 is 1.10 bits per heavy atom. The first kappa shape index (κ1) is 22.1. The quantitative estimate of drug-likeness (QED) is 0.731. The minimum atomic E-state index is -3.58. The topological polar surface area (TPSA) is 73.0 Å². The van der Waals surface area contributed by atoms with Crippen molar-refractivity contribution in [2.24, 2.45) is 5.92 Å². The molecule has 0 atom stereocenters. The van der Waals surface area contributed by atoms with Crippen LogP contribution in [0.4, 0.5) is 11.4 Å². The molecule has 1 N–H and O–H groups in total. The molecular formula is C21H34N4O3S. The number of benzene rings is 1. The fourth-order valence-corrected chi connectivity index (χ4v) is 5.72. The van der Waals surface area contributed by atoms with Crippen LogP contribution in [-0.4, -0.2) is 69.8 Å². The van der Waals surface area contributed by atoms with E-state index in [2.05, 4.69) is 22.2 Å². The lowest BCUT2D eigenvalue weighted by Crippen LogP contribution is -2.44. The van der Waals surface area contributed by atoms with Gasteiger partial charge in [-0.1, -0.05) is 26.7 Å². The molecule has 0 radical (unpaired) electrons. The largest absolute Gasteiger partial charge is 0.367 e. The van der Waals surface area contributed by atoms with Gasteiger partial charge in [0.05, 0.1) is 16.3 Å². The number of nitrogens with zero attached hydrogens (tertiary/aromatic N) is 3. The van der Waals surface area contributed by atoms with E-state index in [1.54, 1.807) is 12.1 Å². The van der Waals surface area contributed by atoms with Gasteiger partial charge in [-0.25, -0.2) is 8.42 Å². The molecule has 0 bridgehead atoms. The van der Waals surface area contributed by atoms with Crippen LogP contribution in [-0.2, 0) is 14.8 Å². The van der Waals surface area contributed by atoms with Crippen LogP contribution in [0.15, 0.2) is 23.1 Å². The minimum absolute atomic E-state index is 0.00950. The average molecular weight is 423 g/mol. The van der Waals surface area contributed by atoms with E-state index in [0.717, 1.165) is 57.5 Å². The van der Waals surface area contributed by atoms with Crippen molar-refractivity contribution in [1.82, 2.24) is 9.21 Å². The van der Waals surface area contributed by atoms with Gasteiger partial charge in [0.2, 0.25) is 15.9 Å². The summed E-state index contributed by atoms with van der Waals surface area (Å²) in [6.07, 6.45) is 3.99. The summed E-state index contributed by atoms with van der Waals surface area (Å²) in [5.74, 6) is 0.0358. The highest BCUT2D eigenvalue weighted by atomic mass is 32.2. The van der Waals surface area contributed by atoms with Gasteiger partial charge in [0.1, 0.15) is 0 Å². The molecule has 2 aliphatic rings. The van der Waals surface area contributed by atoms with Crippen LogP contribution in [0.25, 0.3) is 0 Å². The van der Waals surface area contributed by atoms with E-state index in [0.29, 0.717) is 18.8 Å². The molecule has 1 heterocycles. The summed E-state index contributed by atoms with van der Waals surface area (Å²) >= 11 is 0. The van der Waals surface area contributed by atoms with Gasteiger partial charge >= 0.3 is 0 Å². The number of sulfonamides is 1. The maximum Gasteiger partial charge on any atom is 0.243 e. The van der Waals surface area contributed by atoms with Crippen molar-refractivity contribution in [2.45, 2.75) is 44.4 Å². The Bertz CT molecular complexity index is 809. The SMILES string of the molecule is CCN(CC)S(=O)(=O)c1ccc(N2CCN(C)CC2)c(NC(=O)C2CCCC2)c1. The van der Waals surface area contributed by atoms with E-state index in [1.165, 1.54) is 4.31 Å². The summed E-state index contributed by atoms with van der Waals surface area (Å²) in [5.41, 5.74) is 1.52. The van der Waals surface area contributed by atoms with E-state index in [4.69, 9.17) is 0 Å². The third-order valence-electron chi connectivity index (χ3n) is 6.14. The Labute approximate surface area is 175 Å². The fourth-order valence-electron chi connectivity index (χ4n) is 4.23. The number of nitrogens with one attached hydrogen (secondary N) is 1. The van der Waals surface area contributed by atoms with Crippen molar-refractivity contribution >= 4 is 27.3 Å². The summed E-state index contributed by atoms with van der Waals surface area (Å²) in [6.45, 7) is 8.09. The molecule has 2 fully saturated rings. The zero-order valence-corrected chi connectivity index (χ0v) is 18.7. The number of hydrogen-bond acceptors (Lipinski definition) is 5. The smallest absolute Gasteiger partial charge is 0.243 e. The zero-order valence-electron chi connectivity index (χ0n) is 17.9. The molecule has 3 rings (SSSR count). The molecule has 0 aromatic heterocycles. The number of likely N-dealkylation sites (N-methyl/N-ethyl adjacent to an activating group) is 1. The molecule has 1 saturated heterocycles. The summed E-state index contributed by atoms with van der Waals surface area (Å²) in [5, 5.41) is 3.07. The maximum absolute atomic E-state index is 13.0. The standard InChI is InChI=1S/C21H34N4O3S/c1-4-25(5-2)29(27,28)18-10-11-20(24-14-12-23(3)13-15-24)19(16-18)22-21(26)17-8-6-7-9-17/h10-11,16-17H,4-9,12-15H2,1-3H3,(H,22,26). The Kier molecular flexibility index (Phi) is 7.19. The van der Waals surface area contributed by atoms with Crippen LogP contribution in [0, 0.1) is 5.92 Å². The van der Waals surface area contributed by atoms with Crippen molar-refractivity contribution in [2.75, 3.05) is 56.5 Å². The predicted octanol–water partition coefficient (Wildman–Crippen LogP) is 2.60. The Morgan fingerprint density at radius 3 is 2.31 bits per heavy atom. The van der Waals surface area contributed by atoms with E-state index in [9.17, 15) is 13.2 Å². The lowest BCUT2D eigenvalue weighted by atomic mass is 10.1. The van der Waals surface area contributed by atoms with Gasteiger partial charge in [-0.15, -0.1) is 0 Å². The second-order valence-electron chi connectivity index (χ2n) is 8.03. The van der Waals surface area contributed by atoms with Crippen molar-refractivity contribution in [3.63, 3.8) is 0 Å². The molecule has 1 aliphatic heterocycles. The zero-order chi connectivity index (χ0) is 21.0. The number of anilines is 2. The molecule has 7 nitrogen and oxygen atoms in total. The van der Waals surface area contributed by atoms with Crippen molar-refractivity contribution < 1.29 is 13.2 Å². The number of hydrogen-bond donors (Lipinski definition) is 1. The molecular weight excluding hydrogens is 388 g/mol. The first-order valence-corrected chi connectivity index (χ1v) is 12.2. The van der Waals surface area contributed by atoms with Crippen LogP contribution in [0.3, 0.4) is 0 Å². The van der Waals surface area contributed by atoms with Gasteiger partial charge < -0.3 is 15.1 Å². The molecule has 1 aromatic rings. The van der Waals surface area contributed by atoms with Crippen LogP contribution in [0.1, 0.15) is 39.5 Å². The molecule has 8 heteroatoms. The van der Waals surface area contributed by atoms with Gasteiger partial charge in [0.25, 0.3) is 0 Å². The summed E-state index contributed by atoms with van der Waals surface area (Å²) < 4.78 is 27.5. The molecule has 1 aromatic carbocycles. The third kappa shape index (κ3) is 4.92. The Hall–Kier alpha value is -1.64. The second-order valence-corrected chi connectivity index (χ2v) is 9.97. The summed E-state index contributed by atoms with van der Waals surface area (Å²) in [4.78, 5) is 17.6. The Balaban J connectivity index is 1.94. The van der Waals surface area contributed by atoms with Gasteiger partial charge in [-0.05, 0) is 38.1 Å². The molecule has 0 unspecified atom stereocenters. The highest BCUT2D eigenvalue weighted by molar-refractivity contribution is 7.89. The van der Waals surface area contributed by atoms with E-state index < -0.39 is 10.0 Å². The van der Waals surface area contributed by atoms with Crippen LogP contribution >= 0.6 is 0 Å². The minimum Gasteiger partial charge on any atom is -0.367 e. The summed E-state index contributed by atoms with van der Waals surface area (Å²) in [7, 11) is -1.48. The van der Waals surface area contributed by atoms with Crippen LogP contribution in [0.2, 0.25) is 0 Å². The molecule has 1 aliphatic carbocycles. The highest BCUT2D eigenvalue weighted by Crippen LogP contribution is 2.33. The summed E-state index contributed by atoms with van der Waals surface area (Å²) in [6, 6.07) is 5.17. The van der Waals surface area contributed by atoms with E-state index in [-0.39, 0.29) is 16.7 Å². The predicted molar refractivity (Wildman–Crippen MR) is 117 cm³/mol. The lowest BCUT2D eigenvalue weighted by molar-refractivity contribution is -0.119. The van der Waals surface area contributed by atoms with Crippen LogP contribution in [0.5, 0.6) is 0 Å². The first-order chi connectivity index (χ1) is 13.9. The van der Waals surface area contributed by atoms with Gasteiger partial charge in [-0.2, -0.15) is 4.31 Å². The van der Waals surface area contributed by atoms with Gasteiger partial charge in [0, 0.05) is 45.2 Å². The number of carbonyl (C=O) groups is 1. The van der Waals surface area contributed by atoms with Crippen molar-refractivity contribution in [3.8, 4) is 0 Å². The number of carbonyl (C=O) groups excluding carboxylic acids is 1. The van der Waals surface area contributed by atoms with E-state index >= 15 is 0 Å². The van der Waals surface area contributed by atoms with E-state index in [1.807, 2.05) is 19.9 Å². The molecule has 1 saturated carbocycles. The average Bonchev–Trinajstić information content (AvgIpc) is 3.24. The third-order valence-corrected chi connectivity index (χ3v) is 8.18. The fraction of sp³-hybridized carbons (Fsp3) is 0.667.